The third-order valence-corrected chi connectivity index (χ3v) is 4.38. The number of rotatable bonds is 6. The lowest BCUT2D eigenvalue weighted by Gasteiger charge is -2.30. The van der Waals surface area contributed by atoms with Gasteiger partial charge in [0.2, 0.25) is 0 Å². The Kier molecular flexibility index (Phi) is 5.71. The molecule has 1 aliphatic rings. The maximum absolute atomic E-state index is 14.5. The number of benzene rings is 1. The highest BCUT2D eigenvalue weighted by atomic mass is 32.1. The van der Waals surface area contributed by atoms with Crippen LogP contribution in [0.5, 0.6) is 0 Å². The molecule has 2 rings (SSSR count). The lowest BCUT2D eigenvalue weighted by molar-refractivity contribution is 0.166. The third kappa shape index (κ3) is 4.24. The van der Waals surface area contributed by atoms with Gasteiger partial charge in [-0.2, -0.15) is 0 Å². The minimum Gasteiger partial charge on any atom is -0.389 e. The van der Waals surface area contributed by atoms with E-state index in [9.17, 15) is 4.39 Å². The summed E-state index contributed by atoms with van der Waals surface area (Å²) in [6.45, 7) is 6.07. The Labute approximate surface area is 132 Å². The van der Waals surface area contributed by atoms with E-state index < -0.39 is 0 Å². The van der Waals surface area contributed by atoms with E-state index in [1.807, 2.05) is 12.1 Å². The van der Waals surface area contributed by atoms with Crippen molar-refractivity contribution in [2.24, 2.45) is 11.7 Å². The van der Waals surface area contributed by atoms with E-state index in [1.165, 1.54) is 25.7 Å². The Balaban J connectivity index is 2.19. The smallest absolute Gasteiger partial charge is 0.137 e. The summed E-state index contributed by atoms with van der Waals surface area (Å²) in [5.74, 6) is 0.323. The van der Waals surface area contributed by atoms with E-state index in [0.717, 1.165) is 6.54 Å². The molecule has 1 aromatic rings. The SMILES string of the molecule is CC(C)CN(Cc1cccc(C(N)=S)c1F)C1CCCC1. The van der Waals surface area contributed by atoms with E-state index in [1.54, 1.807) is 6.07 Å². The predicted molar refractivity (Wildman–Crippen MR) is 89.8 cm³/mol. The zero-order valence-electron chi connectivity index (χ0n) is 12.9. The molecule has 1 fully saturated rings. The van der Waals surface area contributed by atoms with Gasteiger partial charge in [0.1, 0.15) is 10.8 Å². The second-order valence-corrected chi connectivity index (χ2v) is 6.84. The second kappa shape index (κ2) is 7.32. The molecule has 2 nitrogen and oxygen atoms in total. The first kappa shape index (κ1) is 16.4. The fraction of sp³-hybridized carbons (Fsp3) is 0.588. The molecule has 0 saturated heterocycles. The summed E-state index contributed by atoms with van der Waals surface area (Å²) in [4.78, 5) is 2.56. The Morgan fingerprint density at radius 3 is 2.62 bits per heavy atom. The average molecular weight is 308 g/mol. The van der Waals surface area contributed by atoms with Crippen molar-refractivity contribution in [3.05, 3.63) is 35.1 Å². The van der Waals surface area contributed by atoms with Gasteiger partial charge in [-0.05, 0) is 24.8 Å². The topological polar surface area (TPSA) is 29.3 Å². The molecule has 116 valence electrons. The maximum Gasteiger partial charge on any atom is 0.137 e. The Morgan fingerprint density at radius 2 is 2.05 bits per heavy atom. The van der Waals surface area contributed by atoms with Gasteiger partial charge in [0, 0.05) is 30.3 Å². The van der Waals surface area contributed by atoms with Crippen molar-refractivity contribution in [2.45, 2.75) is 52.1 Å². The molecule has 0 spiro atoms. The van der Waals surface area contributed by atoms with Crippen LogP contribution < -0.4 is 5.73 Å². The largest absolute Gasteiger partial charge is 0.389 e. The minimum absolute atomic E-state index is 0.130. The van der Waals surface area contributed by atoms with Gasteiger partial charge >= 0.3 is 0 Å². The molecular formula is C17H25FN2S. The highest BCUT2D eigenvalue weighted by molar-refractivity contribution is 7.80. The van der Waals surface area contributed by atoms with Gasteiger partial charge in [-0.1, -0.05) is 51.0 Å². The zero-order chi connectivity index (χ0) is 15.4. The van der Waals surface area contributed by atoms with E-state index in [4.69, 9.17) is 18.0 Å². The maximum atomic E-state index is 14.5. The molecule has 1 aliphatic carbocycles. The molecule has 0 heterocycles. The third-order valence-electron chi connectivity index (χ3n) is 4.16. The van der Waals surface area contributed by atoms with E-state index >= 15 is 0 Å². The molecule has 1 saturated carbocycles. The van der Waals surface area contributed by atoms with Crippen molar-refractivity contribution in [1.29, 1.82) is 0 Å². The van der Waals surface area contributed by atoms with Gasteiger partial charge in [-0.3, -0.25) is 4.90 Å². The average Bonchev–Trinajstić information content (AvgIpc) is 2.93. The fourth-order valence-electron chi connectivity index (χ4n) is 3.19. The van der Waals surface area contributed by atoms with Crippen molar-refractivity contribution in [1.82, 2.24) is 4.90 Å². The van der Waals surface area contributed by atoms with Crippen LogP contribution in [0.15, 0.2) is 18.2 Å². The predicted octanol–water partition coefficient (Wildman–Crippen LogP) is 3.86. The number of halogens is 1. The number of nitrogens with zero attached hydrogens (tertiary/aromatic N) is 1. The molecule has 0 bridgehead atoms. The Morgan fingerprint density at radius 1 is 1.38 bits per heavy atom. The molecule has 2 N–H and O–H groups in total. The number of nitrogens with two attached hydrogens (primary N) is 1. The quantitative estimate of drug-likeness (QED) is 0.809. The first-order valence-electron chi connectivity index (χ1n) is 7.80. The van der Waals surface area contributed by atoms with Gasteiger partial charge in [0.05, 0.1) is 0 Å². The van der Waals surface area contributed by atoms with Crippen molar-refractivity contribution in [3.63, 3.8) is 0 Å². The molecule has 0 atom stereocenters. The highest BCUT2D eigenvalue weighted by Crippen LogP contribution is 2.26. The minimum atomic E-state index is -0.253. The summed E-state index contributed by atoms with van der Waals surface area (Å²) < 4.78 is 14.5. The molecule has 0 aromatic heterocycles. The number of thiocarbonyl (C=S) groups is 1. The van der Waals surface area contributed by atoms with Gasteiger partial charge < -0.3 is 5.73 Å². The number of hydrogen-bond donors (Lipinski definition) is 1. The van der Waals surface area contributed by atoms with Crippen molar-refractivity contribution < 1.29 is 4.39 Å². The van der Waals surface area contributed by atoms with Crippen molar-refractivity contribution in [2.75, 3.05) is 6.54 Å². The molecule has 4 heteroatoms. The van der Waals surface area contributed by atoms with Crippen molar-refractivity contribution >= 4 is 17.2 Å². The Bertz CT molecular complexity index is 496. The zero-order valence-corrected chi connectivity index (χ0v) is 13.8. The van der Waals surface area contributed by atoms with Gasteiger partial charge in [-0.25, -0.2) is 4.39 Å². The van der Waals surface area contributed by atoms with Gasteiger partial charge in [0.25, 0.3) is 0 Å². The van der Waals surface area contributed by atoms with Crippen LogP contribution in [0.1, 0.15) is 50.7 Å². The first-order chi connectivity index (χ1) is 9.99. The van der Waals surface area contributed by atoms with Crippen molar-refractivity contribution in [3.8, 4) is 0 Å². The molecule has 0 radical (unpaired) electrons. The summed E-state index contributed by atoms with van der Waals surface area (Å²) in [6.07, 6.45) is 5.02. The highest BCUT2D eigenvalue weighted by Gasteiger charge is 2.24. The van der Waals surface area contributed by atoms with Crippen LogP contribution in [0.4, 0.5) is 4.39 Å². The van der Waals surface area contributed by atoms with Gasteiger partial charge in [-0.15, -0.1) is 0 Å². The molecule has 21 heavy (non-hydrogen) atoms. The summed E-state index contributed by atoms with van der Waals surface area (Å²) in [5, 5.41) is 0. The standard InChI is InChI=1S/C17H25FN2S/c1-12(2)10-20(14-7-3-4-8-14)11-13-6-5-9-15(16(13)18)17(19)21/h5-6,9,12,14H,3-4,7-8,10-11H2,1-2H3,(H2,19,21). The van der Waals surface area contributed by atoms with E-state index in [2.05, 4.69) is 18.7 Å². The van der Waals surface area contributed by atoms with Crippen LogP contribution >= 0.6 is 12.2 Å². The molecule has 0 unspecified atom stereocenters. The summed E-state index contributed by atoms with van der Waals surface area (Å²) in [6, 6.07) is 5.93. The van der Waals surface area contributed by atoms with Crippen LogP contribution in [0.3, 0.4) is 0 Å². The van der Waals surface area contributed by atoms with Crippen LogP contribution in [0, 0.1) is 11.7 Å². The van der Waals surface area contributed by atoms with Crippen LogP contribution in [-0.2, 0) is 6.54 Å². The molecule has 0 aliphatic heterocycles. The second-order valence-electron chi connectivity index (χ2n) is 6.40. The van der Waals surface area contributed by atoms with Crippen LogP contribution in [-0.4, -0.2) is 22.5 Å². The van der Waals surface area contributed by atoms with E-state index in [-0.39, 0.29) is 10.8 Å². The summed E-state index contributed by atoms with van der Waals surface area (Å²) in [7, 11) is 0. The normalized spacial score (nSPS) is 16.0. The fourth-order valence-corrected chi connectivity index (χ4v) is 3.35. The summed E-state index contributed by atoms with van der Waals surface area (Å²) >= 11 is 4.92. The molecule has 0 amide bonds. The molecular weight excluding hydrogens is 283 g/mol. The lowest BCUT2D eigenvalue weighted by atomic mass is 10.1. The van der Waals surface area contributed by atoms with Gasteiger partial charge in [0.15, 0.2) is 0 Å². The Hall–Kier alpha value is -1.00. The van der Waals surface area contributed by atoms with Crippen LogP contribution in [0.25, 0.3) is 0 Å². The molecule has 1 aromatic carbocycles. The monoisotopic (exact) mass is 308 g/mol. The van der Waals surface area contributed by atoms with E-state index in [0.29, 0.717) is 29.6 Å². The lowest BCUT2D eigenvalue weighted by Crippen LogP contribution is -2.36. The number of hydrogen-bond acceptors (Lipinski definition) is 2. The summed E-state index contributed by atoms with van der Waals surface area (Å²) in [5.41, 5.74) is 6.66. The van der Waals surface area contributed by atoms with Crippen LogP contribution in [0.2, 0.25) is 0 Å². The first-order valence-corrected chi connectivity index (χ1v) is 8.21.